The van der Waals surface area contributed by atoms with Crippen LogP contribution in [0, 0.1) is 0 Å². The molecule has 1 unspecified atom stereocenters. The number of halogens is 1. The lowest BCUT2D eigenvalue weighted by molar-refractivity contribution is 0.960. The van der Waals surface area contributed by atoms with Crippen LogP contribution >= 0.6 is 24.0 Å². The third-order valence-corrected chi connectivity index (χ3v) is 11.2. The van der Waals surface area contributed by atoms with Crippen molar-refractivity contribution in [1.29, 1.82) is 0 Å². The van der Waals surface area contributed by atoms with Gasteiger partial charge < -0.3 is 9.24 Å². The van der Waals surface area contributed by atoms with Crippen LogP contribution in [0.25, 0.3) is 44.7 Å². The van der Waals surface area contributed by atoms with Crippen molar-refractivity contribution in [2.75, 3.05) is 4.67 Å². The molecule has 0 fully saturated rings. The molecule has 0 N–H and O–H groups in total. The number of rotatable bonds is 4. The maximum Gasteiger partial charge on any atom is 0.141 e. The summed E-state index contributed by atoms with van der Waals surface area (Å²) in [6.45, 7) is 0. The monoisotopic (exact) mass is 635 g/mol. The topological polar surface area (TPSA) is 21.1 Å². The fraction of sp³-hybridized carbons (Fsp3) is 0.0263. The average Bonchev–Trinajstić information content (AvgIpc) is 3.40. The molecule has 0 bridgehead atoms. The van der Waals surface area contributed by atoms with Crippen molar-refractivity contribution in [2.24, 2.45) is 7.05 Å². The molecular formula is C38H27BrN3P. The van der Waals surface area contributed by atoms with E-state index >= 15 is 0 Å². The molecule has 7 aromatic rings. The Kier molecular flexibility index (Phi) is 6.48. The Bertz CT molecular complexity index is 2120. The largest absolute Gasteiger partial charge is 0.327 e. The van der Waals surface area contributed by atoms with Gasteiger partial charge in [0.2, 0.25) is 0 Å². The summed E-state index contributed by atoms with van der Waals surface area (Å²) < 4.78 is 5.85. The highest BCUT2D eigenvalue weighted by molar-refractivity contribution is 9.10. The van der Waals surface area contributed by atoms with Crippen molar-refractivity contribution in [3.8, 4) is 33.6 Å². The van der Waals surface area contributed by atoms with Crippen LogP contribution < -0.4 is 15.3 Å². The highest BCUT2D eigenvalue weighted by Gasteiger charge is 2.36. The molecule has 0 saturated heterocycles. The van der Waals surface area contributed by atoms with E-state index in [0.717, 1.165) is 26.9 Å². The van der Waals surface area contributed by atoms with Crippen molar-refractivity contribution in [2.45, 2.75) is 0 Å². The molecule has 5 heteroatoms. The van der Waals surface area contributed by atoms with E-state index in [1.807, 2.05) is 0 Å². The summed E-state index contributed by atoms with van der Waals surface area (Å²) in [5.41, 5.74) is 10.7. The van der Waals surface area contributed by atoms with Gasteiger partial charge in [-0.2, -0.15) is 0 Å². The van der Waals surface area contributed by atoms with Gasteiger partial charge in [0.1, 0.15) is 5.82 Å². The maximum atomic E-state index is 5.16. The van der Waals surface area contributed by atoms with Crippen LogP contribution in [0.4, 0.5) is 11.4 Å². The number of aryl methyl sites for hydroxylation is 1. The first-order chi connectivity index (χ1) is 21.2. The molecule has 6 aromatic carbocycles. The van der Waals surface area contributed by atoms with Gasteiger partial charge in [0.25, 0.3) is 0 Å². The summed E-state index contributed by atoms with van der Waals surface area (Å²) in [4.78, 5) is 5.16. The molecule has 0 aliphatic carbocycles. The minimum atomic E-state index is -1.05. The Morgan fingerprint density at radius 1 is 0.605 bits per heavy atom. The van der Waals surface area contributed by atoms with Crippen LogP contribution in [-0.4, -0.2) is 9.55 Å². The molecule has 1 aliphatic heterocycles. The number of fused-ring (bicyclic) bond motifs is 4. The highest BCUT2D eigenvalue weighted by Crippen LogP contribution is 2.58. The molecule has 0 saturated carbocycles. The van der Waals surface area contributed by atoms with Crippen molar-refractivity contribution in [3.63, 3.8) is 0 Å². The Morgan fingerprint density at radius 3 is 2.09 bits per heavy atom. The maximum absolute atomic E-state index is 5.16. The van der Waals surface area contributed by atoms with Gasteiger partial charge in [0, 0.05) is 44.5 Å². The molecular weight excluding hydrogens is 609 g/mol. The van der Waals surface area contributed by atoms with E-state index < -0.39 is 8.07 Å². The summed E-state index contributed by atoms with van der Waals surface area (Å²) in [5.74, 6) is 0.980. The second kappa shape index (κ2) is 10.6. The molecule has 1 atom stereocenters. The first-order valence-corrected chi connectivity index (χ1v) is 16.4. The zero-order valence-corrected chi connectivity index (χ0v) is 26.0. The van der Waals surface area contributed by atoms with Crippen LogP contribution in [0.5, 0.6) is 0 Å². The van der Waals surface area contributed by atoms with Gasteiger partial charge in [-0.15, -0.1) is 0 Å². The van der Waals surface area contributed by atoms with Gasteiger partial charge in [-0.1, -0.05) is 125 Å². The summed E-state index contributed by atoms with van der Waals surface area (Å²) in [7, 11) is 1.07. The van der Waals surface area contributed by atoms with Gasteiger partial charge in [-0.25, -0.2) is 4.98 Å². The van der Waals surface area contributed by atoms with E-state index in [-0.39, 0.29) is 0 Å². The second-order valence-corrected chi connectivity index (χ2v) is 13.6. The standard InChI is InChI=1S/C38H27BrN3P/c1-41-33-20-10-9-19-32(33)40-38(41)31-17-8-11-21-35(31)43-36-22-12-18-29(26-13-4-2-5-14-26)37(36)30-24-23-27(39)25-34(30)42(43)28-15-6-3-7-16-28/h2-25H,1H3. The number of benzene rings is 6. The number of aromatic nitrogens is 2. The van der Waals surface area contributed by atoms with Crippen LogP contribution in [0.2, 0.25) is 0 Å². The van der Waals surface area contributed by atoms with E-state index in [1.54, 1.807) is 0 Å². The molecule has 0 spiro atoms. The zero-order chi connectivity index (χ0) is 28.9. The summed E-state index contributed by atoms with van der Waals surface area (Å²) >= 11 is 3.82. The van der Waals surface area contributed by atoms with Crippen LogP contribution in [-0.2, 0) is 7.05 Å². The van der Waals surface area contributed by atoms with E-state index in [1.165, 1.54) is 44.2 Å². The number of nitrogens with zero attached hydrogens (tertiary/aromatic N) is 3. The molecule has 0 amide bonds. The summed E-state index contributed by atoms with van der Waals surface area (Å²) in [5, 5.41) is 2.61. The normalized spacial score (nSPS) is 14.0. The van der Waals surface area contributed by atoms with E-state index in [4.69, 9.17) is 4.98 Å². The lowest BCUT2D eigenvalue weighted by atomic mass is 9.93. The lowest BCUT2D eigenvalue weighted by Gasteiger charge is -2.41. The summed E-state index contributed by atoms with van der Waals surface area (Å²) in [6.07, 6.45) is 0. The summed E-state index contributed by atoms with van der Waals surface area (Å²) in [6, 6.07) is 52.3. The first-order valence-electron chi connectivity index (χ1n) is 14.3. The first kappa shape index (κ1) is 26.2. The smallest absolute Gasteiger partial charge is 0.141 e. The van der Waals surface area contributed by atoms with Crippen molar-refractivity contribution in [3.05, 3.63) is 150 Å². The molecule has 1 aromatic heterocycles. The molecule has 8 rings (SSSR count). The van der Waals surface area contributed by atoms with Crippen molar-refractivity contribution in [1.82, 2.24) is 9.55 Å². The van der Waals surface area contributed by atoms with E-state index in [9.17, 15) is 0 Å². The molecule has 206 valence electrons. The number of anilines is 2. The minimum absolute atomic E-state index is 0.980. The van der Waals surface area contributed by atoms with Crippen LogP contribution in [0.15, 0.2) is 150 Å². The number of para-hydroxylation sites is 3. The predicted molar refractivity (Wildman–Crippen MR) is 186 cm³/mol. The quantitative estimate of drug-likeness (QED) is 0.179. The highest BCUT2D eigenvalue weighted by atomic mass is 79.9. The second-order valence-electron chi connectivity index (χ2n) is 10.7. The molecule has 43 heavy (non-hydrogen) atoms. The van der Waals surface area contributed by atoms with Gasteiger partial charge in [-0.3, -0.25) is 0 Å². The average molecular weight is 637 g/mol. The van der Waals surface area contributed by atoms with Gasteiger partial charge in [0.15, 0.2) is 0 Å². The van der Waals surface area contributed by atoms with Crippen molar-refractivity contribution < 1.29 is 0 Å². The fourth-order valence-electron chi connectivity index (χ4n) is 6.26. The molecule has 0 radical (unpaired) electrons. The SMILES string of the molecule is Cn1c(-c2ccccc2P2c3cccc(-c4ccccc4)c3-c3ccc(Br)cc3N2c2ccccc2)nc2ccccc21. The van der Waals surface area contributed by atoms with Gasteiger partial charge >= 0.3 is 0 Å². The third-order valence-electron chi connectivity index (χ3n) is 8.17. The minimum Gasteiger partial charge on any atom is -0.327 e. The van der Waals surface area contributed by atoms with Crippen LogP contribution in [0.1, 0.15) is 0 Å². The Balaban J connectivity index is 1.47. The number of hydrogen-bond donors (Lipinski definition) is 0. The predicted octanol–water partition coefficient (Wildman–Crippen LogP) is 9.84. The Labute approximate surface area is 261 Å². The van der Waals surface area contributed by atoms with E-state index in [0.29, 0.717) is 0 Å². The van der Waals surface area contributed by atoms with Gasteiger partial charge in [-0.05, 0) is 47.5 Å². The van der Waals surface area contributed by atoms with E-state index in [2.05, 4.69) is 178 Å². The number of hydrogen-bond acceptors (Lipinski definition) is 2. The van der Waals surface area contributed by atoms with Crippen LogP contribution in [0.3, 0.4) is 0 Å². The van der Waals surface area contributed by atoms with Crippen molar-refractivity contribution >= 4 is 57.0 Å². The third kappa shape index (κ3) is 4.33. The number of imidazole rings is 1. The zero-order valence-electron chi connectivity index (χ0n) is 23.5. The van der Waals surface area contributed by atoms with Gasteiger partial charge in [0.05, 0.1) is 24.8 Å². The molecule has 3 nitrogen and oxygen atoms in total. The molecule has 2 heterocycles. The Morgan fingerprint density at radius 2 is 1.28 bits per heavy atom. The lowest BCUT2D eigenvalue weighted by Crippen LogP contribution is -2.31. The fourth-order valence-corrected chi connectivity index (χ4v) is 9.35. The Hall–Kier alpha value is -4.50. The molecule has 1 aliphatic rings.